The molecule has 0 amide bonds. The SMILES string of the molecule is CC(C)(C)C(=O)C=C=O. The van der Waals surface area contributed by atoms with Crippen LogP contribution < -0.4 is 0 Å². The van der Waals surface area contributed by atoms with Crippen molar-refractivity contribution in [1.82, 2.24) is 0 Å². The topological polar surface area (TPSA) is 34.1 Å². The number of ketones is 1. The average Bonchev–Trinajstić information content (AvgIpc) is 1.64. The smallest absolute Gasteiger partial charge is 0.171 e. The molecule has 0 heterocycles. The third-order valence-electron chi connectivity index (χ3n) is 0.929. The Hall–Kier alpha value is -0.880. The quantitative estimate of drug-likeness (QED) is 0.388. The van der Waals surface area contributed by atoms with Gasteiger partial charge in [-0.3, -0.25) is 4.79 Å². The first-order valence-electron chi connectivity index (χ1n) is 2.74. The van der Waals surface area contributed by atoms with Crippen LogP contribution in [-0.2, 0) is 9.59 Å². The van der Waals surface area contributed by atoms with E-state index in [2.05, 4.69) is 0 Å². The van der Waals surface area contributed by atoms with E-state index >= 15 is 0 Å². The summed E-state index contributed by atoms with van der Waals surface area (Å²) in [5, 5.41) is 0. The lowest BCUT2D eigenvalue weighted by molar-refractivity contribution is -0.121. The zero-order chi connectivity index (χ0) is 7.49. The average molecular weight is 126 g/mol. The Morgan fingerprint density at radius 2 is 1.89 bits per heavy atom. The Morgan fingerprint density at radius 3 is 2.00 bits per heavy atom. The van der Waals surface area contributed by atoms with E-state index in [-0.39, 0.29) is 5.78 Å². The lowest BCUT2D eigenvalue weighted by Crippen LogP contribution is -2.17. The van der Waals surface area contributed by atoms with Crippen LogP contribution in [0.2, 0.25) is 0 Å². The van der Waals surface area contributed by atoms with Crippen LogP contribution in [0.3, 0.4) is 0 Å². The first-order chi connectivity index (χ1) is 3.98. The highest BCUT2D eigenvalue weighted by Crippen LogP contribution is 2.13. The van der Waals surface area contributed by atoms with Gasteiger partial charge in [0.1, 0.15) is 5.94 Å². The molecule has 2 heteroatoms. The Morgan fingerprint density at radius 1 is 1.44 bits per heavy atom. The van der Waals surface area contributed by atoms with Crippen molar-refractivity contribution in [1.29, 1.82) is 0 Å². The normalized spacial score (nSPS) is 10.1. The minimum absolute atomic E-state index is 0.183. The summed E-state index contributed by atoms with van der Waals surface area (Å²) in [7, 11) is 0. The molecule has 0 aromatic heterocycles. The van der Waals surface area contributed by atoms with Crippen LogP contribution >= 0.6 is 0 Å². The molecule has 0 radical (unpaired) electrons. The van der Waals surface area contributed by atoms with Crippen LogP contribution in [0.15, 0.2) is 6.08 Å². The van der Waals surface area contributed by atoms with Crippen molar-refractivity contribution in [3.63, 3.8) is 0 Å². The monoisotopic (exact) mass is 126 g/mol. The van der Waals surface area contributed by atoms with Gasteiger partial charge in [0.2, 0.25) is 0 Å². The summed E-state index contributed by atoms with van der Waals surface area (Å²) in [6.45, 7) is 5.26. The van der Waals surface area contributed by atoms with E-state index in [9.17, 15) is 9.59 Å². The molecule has 2 nitrogen and oxygen atoms in total. The predicted octanol–water partition coefficient (Wildman–Crippen LogP) is 0.989. The van der Waals surface area contributed by atoms with Gasteiger partial charge in [0.25, 0.3) is 0 Å². The summed E-state index contributed by atoms with van der Waals surface area (Å²) in [5.41, 5.74) is -0.447. The van der Waals surface area contributed by atoms with Crippen LogP contribution in [-0.4, -0.2) is 11.7 Å². The minimum Gasteiger partial charge on any atom is -0.293 e. The maximum Gasteiger partial charge on any atom is 0.171 e. The molecule has 0 fully saturated rings. The van der Waals surface area contributed by atoms with Gasteiger partial charge >= 0.3 is 0 Å². The van der Waals surface area contributed by atoms with Crippen molar-refractivity contribution >= 4 is 11.7 Å². The summed E-state index contributed by atoms with van der Waals surface area (Å²) >= 11 is 0. The maximum atomic E-state index is 10.7. The van der Waals surface area contributed by atoms with Crippen molar-refractivity contribution in [2.75, 3.05) is 0 Å². The number of hydrogen-bond donors (Lipinski definition) is 0. The predicted molar refractivity (Wildman–Crippen MR) is 34.7 cm³/mol. The third kappa shape index (κ3) is 2.83. The van der Waals surface area contributed by atoms with E-state index in [4.69, 9.17) is 0 Å². The van der Waals surface area contributed by atoms with E-state index < -0.39 is 5.41 Å². The molecule has 0 aliphatic heterocycles. The largest absolute Gasteiger partial charge is 0.293 e. The molecule has 0 N–H and O–H groups in total. The van der Waals surface area contributed by atoms with Crippen LogP contribution in [0, 0.1) is 5.41 Å². The summed E-state index contributed by atoms with van der Waals surface area (Å²) in [4.78, 5) is 20.4. The highest BCUT2D eigenvalue weighted by Gasteiger charge is 2.18. The molecule has 50 valence electrons. The third-order valence-corrected chi connectivity index (χ3v) is 0.929. The van der Waals surface area contributed by atoms with Crippen LogP contribution in [0.4, 0.5) is 0 Å². The molecule has 0 saturated heterocycles. The number of hydrogen-bond acceptors (Lipinski definition) is 2. The molecule has 0 atom stereocenters. The fraction of sp³-hybridized carbons (Fsp3) is 0.571. The van der Waals surface area contributed by atoms with E-state index in [1.54, 1.807) is 20.8 Å². The molecule has 0 rings (SSSR count). The standard InChI is InChI=1S/C7H10O2/c1-7(2,3)6(9)4-5-8/h4H,1-3H3. The molecule has 0 saturated carbocycles. The summed E-state index contributed by atoms with van der Waals surface area (Å²) in [6, 6.07) is 0. The second-order valence-corrected chi connectivity index (χ2v) is 2.88. The van der Waals surface area contributed by atoms with Gasteiger partial charge in [-0.1, -0.05) is 20.8 Å². The molecule has 0 spiro atoms. The number of carbonyl (C=O) groups is 1. The zero-order valence-corrected chi connectivity index (χ0v) is 5.89. The van der Waals surface area contributed by atoms with Gasteiger partial charge in [-0.15, -0.1) is 0 Å². The number of allylic oxidation sites excluding steroid dienone is 1. The Kier molecular flexibility index (Phi) is 2.35. The van der Waals surface area contributed by atoms with Gasteiger partial charge < -0.3 is 0 Å². The minimum atomic E-state index is -0.447. The van der Waals surface area contributed by atoms with Gasteiger partial charge in [-0.2, -0.15) is 0 Å². The first kappa shape index (κ1) is 8.12. The lowest BCUT2D eigenvalue weighted by Gasteiger charge is -2.11. The van der Waals surface area contributed by atoms with Gasteiger partial charge in [0, 0.05) is 5.41 Å². The van der Waals surface area contributed by atoms with Crippen LogP contribution in [0.25, 0.3) is 0 Å². The molecule has 9 heavy (non-hydrogen) atoms. The first-order valence-corrected chi connectivity index (χ1v) is 2.74. The van der Waals surface area contributed by atoms with Crippen molar-refractivity contribution in [2.45, 2.75) is 20.8 Å². The summed E-state index contributed by atoms with van der Waals surface area (Å²) < 4.78 is 0. The Bertz CT molecular complexity index is 156. The Balaban J connectivity index is 4.22. The molecule has 0 aromatic rings. The van der Waals surface area contributed by atoms with Crippen molar-refractivity contribution in [3.8, 4) is 0 Å². The highest BCUT2D eigenvalue weighted by molar-refractivity contribution is 5.99. The number of carbonyl (C=O) groups excluding carboxylic acids is 2. The van der Waals surface area contributed by atoms with Gasteiger partial charge in [0.15, 0.2) is 5.78 Å². The van der Waals surface area contributed by atoms with Crippen LogP contribution in [0.1, 0.15) is 20.8 Å². The van der Waals surface area contributed by atoms with E-state index in [1.165, 1.54) is 5.94 Å². The molecular weight excluding hydrogens is 116 g/mol. The second-order valence-electron chi connectivity index (χ2n) is 2.88. The zero-order valence-electron chi connectivity index (χ0n) is 5.89. The fourth-order valence-electron chi connectivity index (χ4n) is 0.270. The fourth-order valence-corrected chi connectivity index (χ4v) is 0.270. The van der Waals surface area contributed by atoms with Crippen molar-refractivity contribution in [3.05, 3.63) is 6.08 Å². The van der Waals surface area contributed by atoms with E-state index in [0.29, 0.717) is 0 Å². The van der Waals surface area contributed by atoms with E-state index in [1.807, 2.05) is 0 Å². The molecule has 0 aliphatic carbocycles. The van der Waals surface area contributed by atoms with Gasteiger partial charge in [-0.05, 0) is 0 Å². The summed E-state index contributed by atoms with van der Waals surface area (Å²) in [5.74, 6) is 1.27. The molecular formula is C7H10O2. The molecule has 0 unspecified atom stereocenters. The maximum absolute atomic E-state index is 10.7. The molecule has 0 aliphatic rings. The summed E-state index contributed by atoms with van der Waals surface area (Å²) in [6.07, 6.45) is 0.931. The van der Waals surface area contributed by atoms with Gasteiger partial charge in [-0.25, -0.2) is 4.79 Å². The second kappa shape index (κ2) is 2.60. The highest BCUT2D eigenvalue weighted by atomic mass is 16.1. The number of rotatable bonds is 1. The van der Waals surface area contributed by atoms with Gasteiger partial charge in [0.05, 0.1) is 6.08 Å². The lowest BCUT2D eigenvalue weighted by atomic mass is 9.91. The molecule has 0 aromatic carbocycles. The van der Waals surface area contributed by atoms with Crippen LogP contribution in [0.5, 0.6) is 0 Å². The van der Waals surface area contributed by atoms with E-state index in [0.717, 1.165) is 6.08 Å². The van der Waals surface area contributed by atoms with Crippen molar-refractivity contribution in [2.24, 2.45) is 5.41 Å². The molecule has 0 bridgehead atoms. The Labute approximate surface area is 54.6 Å². The van der Waals surface area contributed by atoms with Crippen molar-refractivity contribution < 1.29 is 9.59 Å².